The molecule has 0 aliphatic carbocycles. The molecule has 114 valence electrons. The molecule has 0 fully saturated rings. The first-order valence-corrected chi connectivity index (χ1v) is 8.33. The van der Waals surface area contributed by atoms with Crippen LogP contribution in [0.5, 0.6) is 0 Å². The number of nitrogens with zero attached hydrogens (tertiary/aromatic N) is 1. The van der Waals surface area contributed by atoms with E-state index in [9.17, 15) is 17.6 Å². The van der Waals surface area contributed by atoms with E-state index in [0.29, 0.717) is 5.69 Å². The van der Waals surface area contributed by atoms with E-state index in [-0.39, 0.29) is 10.0 Å². The second kappa shape index (κ2) is 6.80. The molecule has 0 aliphatic heterocycles. The minimum atomic E-state index is -3.99. The topological polar surface area (TPSA) is 76.1 Å². The second-order valence-corrected chi connectivity index (χ2v) is 6.58. The summed E-state index contributed by atoms with van der Waals surface area (Å²) in [5.41, 5.74) is 0.444. The molecule has 1 aromatic carbocycles. The van der Waals surface area contributed by atoms with Crippen LogP contribution in [0.3, 0.4) is 0 Å². The highest BCUT2D eigenvalue weighted by Crippen LogP contribution is 2.18. The van der Waals surface area contributed by atoms with Crippen LogP contribution in [0.15, 0.2) is 52.5 Å². The lowest BCUT2D eigenvalue weighted by Crippen LogP contribution is -2.29. The van der Waals surface area contributed by atoms with Gasteiger partial charge in [0.05, 0.1) is 16.7 Å². The number of hydrogen-bond acceptors (Lipinski definition) is 4. The van der Waals surface area contributed by atoms with Crippen molar-refractivity contribution in [3.05, 3.63) is 69.6 Å². The lowest BCUT2D eigenvalue weighted by molar-refractivity contribution is 0.0981. The van der Waals surface area contributed by atoms with Gasteiger partial charge in [-0.05, 0) is 52.3 Å². The van der Waals surface area contributed by atoms with Crippen molar-refractivity contribution in [2.75, 3.05) is 0 Å². The summed E-state index contributed by atoms with van der Waals surface area (Å²) in [7, 11) is -3.99. The van der Waals surface area contributed by atoms with Gasteiger partial charge in [-0.25, -0.2) is 17.5 Å². The maximum absolute atomic E-state index is 13.0. The van der Waals surface area contributed by atoms with Gasteiger partial charge in [0.25, 0.3) is 15.9 Å². The highest BCUT2D eigenvalue weighted by Gasteiger charge is 2.16. The molecule has 0 unspecified atom stereocenters. The largest absolute Gasteiger partial charge is 0.268 e. The maximum Gasteiger partial charge on any atom is 0.266 e. The van der Waals surface area contributed by atoms with Crippen LogP contribution in [0.2, 0.25) is 0 Å². The Morgan fingerprint density at radius 2 is 2.05 bits per heavy atom. The summed E-state index contributed by atoms with van der Waals surface area (Å²) in [6.45, 7) is 0. The quantitative estimate of drug-likeness (QED) is 0.878. The number of nitrogens with one attached hydrogen (secondary N) is 1. The first-order valence-electron chi connectivity index (χ1n) is 5.99. The molecule has 2 aromatic rings. The van der Waals surface area contributed by atoms with Crippen LogP contribution in [-0.4, -0.2) is 19.3 Å². The fourth-order valence-electron chi connectivity index (χ4n) is 1.53. The van der Waals surface area contributed by atoms with Crippen molar-refractivity contribution < 1.29 is 17.6 Å². The van der Waals surface area contributed by atoms with Crippen molar-refractivity contribution in [2.45, 2.75) is 0 Å². The smallest absolute Gasteiger partial charge is 0.266 e. The number of hydrogen-bond donors (Lipinski definition) is 1. The van der Waals surface area contributed by atoms with Crippen LogP contribution >= 0.6 is 15.9 Å². The monoisotopic (exact) mass is 384 g/mol. The minimum Gasteiger partial charge on any atom is -0.268 e. The number of pyridine rings is 1. The minimum absolute atomic E-state index is 0.0104. The molecule has 1 aromatic heterocycles. The molecule has 5 nitrogen and oxygen atoms in total. The highest BCUT2D eigenvalue weighted by atomic mass is 79.9. The molecule has 0 atom stereocenters. The van der Waals surface area contributed by atoms with Crippen molar-refractivity contribution in [2.24, 2.45) is 0 Å². The van der Waals surface area contributed by atoms with Crippen LogP contribution in [0.1, 0.15) is 16.1 Å². The summed E-state index contributed by atoms with van der Waals surface area (Å²) in [6, 6.07) is 8.34. The summed E-state index contributed by atoms with van der Waals surface area (Å²) >= 11 is 3.01. The molecular formula is C14H10BrFN2O3S. The Kier molecular flexibility index (Phi) is 5.04. The highest BCUT2D eigenvalue weighted by molar-refractivity contribution is 9.10. The Hall–Kier alpha value is -2.06. The van der Waals surface area contributed by atoms with E-state index < -0.39 is 21.7 Å². The van der Waals surface area contributed by atoms with Gasteiger partial charge in [0, 0.05) is 10.7 Å². The zero-order chi connectivity index (χ0) is 16.2. The first-order chi connectivity index (χ1) is 10.4. The zero-order valence-electron chi connectivity index (χ0n) is 11.0. The number of aromatic nitrogens is 1. The molecule has 2 rings (SSSR count). The molecular weight excluding hydrogens is 375 g/mol. The molecule has 1 N–H and O–H groups in total. The van der Waals surface area contributed by atoms with Crippen molar-refractivity contribution in [3.8, 4) is 0 Å². The van der Waals surface area contributed by atoms with Crippen LogP contribution in [0, 0.1) is 5.82 Å². The summed E-state index contributed by atoms with van der Waals surface area (Å²) in [6.07, 6.45) is 2.77. The van der Waals surface area contributed by atoms with Crippen molar-refractivity contribution in [3.63, 3.8) is 0 Å². The molecule has 0 saturated carbocycles. The molecule has 0 bridgehead atoms. The van der Waals surface area contributed by atoms with Crippen LogP contribution in [0.25, 0.3) is 6.08 Å². The van der Waals surface area contributed by atoms with E-state index in [1.165, 1.54) is 18.3 Å². The van der Waals surface area contributed by atoms with Gasteiger partial charge < -0.3 is 0 Å². The van der Waals surface area contributed by atoms with Crippen molar-refractivity contribution >= 4 is 37.9 Å². The number of rotatable bonds is 4. The molecule has 0 radical (unpaired) electrons. The molecule has 22 heavy (non-hydrogen) atoms. The Balaban J connectivity index is 2.14. The van der Waals surface area contributed by atoms with Crippen LogP contribution in [0.4, 0.5) is 4.39 Å². The molecule has 1 heterocycles. The predicted molar refractivity (Wildman–Crippen MR) is 83.8 cm³/mol. The zero-order valence-corrected chi connectivity index (χ0v) is 13.4. The molecule has 0 aliphatic rings. The van der Waals surface area contributed by atoms with Gasteiger partial charge in [0.1, 0.15) is 5.82 Å². The van der Waals surface area contributed by atoms with Gasteiger partial charge >= 0.3 is 0 Å². The molecule has 1 amide bonds. The Morgan fingerprint density at radius 1 is 1.27 bits per heavy atom. The molecule has 0 saturated heterocycles. The van der Waals surface area contributed by atoms with Crippen molar-refractivity contribution in [1.29, 1.82) is 0 Å². The second-order valence-electron chi connectivity index (χ2n) is 4.16. The fourth-order valence-corrected chi connectivity index (χ4v) is 2.81. The maximum atomic E-state index is 13.0. The Morgan fingerprint density at radius 3 is 2.68 bits per heavy atom. The summed E-state index contributed by atoms with van der Waals surface area (Å²) in [5, 5.41) is 0.838. The van der Waals surface area contributed by atoms with Gasteiger partial charge in [-0.2, -0.15) is 0 Å². The fraction of sp³-hybridized carbons (Fsp3) is 0. The Bertz CT molecular complexity index is 823. The van der Waals surface area contributed by atoms with Crippen LogP contribution < -0.4 is 4.72 Å². The van der Waals surface area contributed by atoms with Gasteiger partial charge in [0.2, 0.25) is 0 Å². The van der Waals surface area contributed by atoms with E-state index in [0.717, 1.165) is 17.5 Å². The van der Waals surface area contributed by atoms with Gasteiger partial charge in [-0.15, -0.1) is 0 Å². The van der Waals surface area contributed by atoms with Gasteiger partial charge in [-0.1, -0.05) is 6.07 Å². The number of sulfonamides is 1. The number of halogens is 2. The summed E-state index contributed by atoms with van der Waals surface area (Å²) in [4.78, 5) is 15.8. The van der Waals surface area contributed by atoms with Crippen molar-refractivity contribution in [1.82, 2.24) is 9.71 Å². The number of benzene rings is 1. The number of carbonyl (C=O) groups excluding carboxylic acids is 1. The lowest BCUT2D eigenvalue weighted by Gasteiger charge is -2.05. The van der Waals surface area contributed by atoms with Gasteiger partial charge in [-0.3, -0.25) is 9.78 Å². The molecule has 8 heteroatoms. The summed E-state index contributed by atoms with van der Waals surface area (Å²) < 4.78 is 38.6. The average molecular weight is 385 g/mol. The normalized spacial score (nSPS) is 11.5. The van der Waals surface area contributed by atoms with E-state index in [4.69, 9.17) is 0 Å². The van der Waals surface area contributed by atoms with Crippen LogP contribution in [-0.2, 0) is 10.0 Å². The first kappa shape index (κ1) is 16.3. The molecule has 0 spiro atoms. The SMILES string of the molecule is O=C(NS(=O)(=O)/C=C/c1ccccn1)c1ccc(F)cc1Br. The number of carbonyl (C=O) groups is 1. The van der Waals surface area contributed by atoms with E-state index in [1.807, 2.05) is 4.72 Å². The average Bonchev–Trinajstić information content (AvgIpc) is 2.45. The standard InChI is InChI=1S/C14H10BrFN2O3S/c15-13-9-10(16)4-5-12(13)14(19)18-22(20,21)8-6-11-3-1-2-7-17-11/h1-9H,(H,18,19)/b8-6+. The third-order valence-electron chi connectivity index (χ3n) is 2.52. The third-order valence-corrected chi connectivity index (χ3v) is 4.14. The van der Waals surface area contributed by atoms with E-state index >= 15 is 0 Å². The number of amides is 1. The van der Waals surface area contributed by atoms with E-state index in [2.05, 4.69) is 20.9 Å². The Labute approximate surface area is 135 Å². The van der Waals surface area contributed by atoms with E-state index in [1.54, 1.807) is 18.2 Å². The predicted octanol–water partition coefficient (Wildman–Crippen LogP) is 2.71. The van der Waals surface area contributed by atoms with Gasteiger partial charge in [0.15, 0.2) is 0 Å². The third kappa shape index (κ3) is 4.47. The lowest BCUT2D eigenvalue weighted by atomic mass is 10.2. The summed E-state index contributed by atoms with van der Waals surface area (Å²) in [5.74, 6) is -1.40.